The average Bonchev–Trinajstić information content (AvgIpc) is 3.57. The summed E-state index contributed by atoms with van der Waals surface area (Å²) < 4.78 is 2.67. The van der Waals surface area contributed by atoms with Gasteiger partial charge in [0.25, 0.3) is 5.36 Å². The van der Waals surface area contributed by atoms with Crippen molar-refractivity contribution in [2.45, 2.75) is 85.7 Å². The quantitative estimate of drug-likeness (QED) is 0.179. The van der Waals surface area contributed by atoms with Crippen molar-refractivity contribution < 1.29 is 0 Å². The molecular weight excluding hydrogens is 467 g/mol. The Bertz CT molecular complexity index is 1240. The van der Waals surface area contributed by atoms with Gasteiger partial charge in [-0.1, -0.05) is 66.7 Å². The molecule has 0 aromatic heterocycles. The van der Waals surface area contributed by atoms with E-state index in [1.807, 2.05) is 0 Å². The Morgan fingerprint density at radius 1 is 0.595 bits per heavy atom. The van der Waals surface area contributed by atoms with Gasteiger partial charge in [-0.15, -0.1) is 0 Å². The zero-order valence-corrected chi connectivity index (χ0v) is 24.9. The van der Waals surface area contributed by atoms with Crippen molar-refractivity contribution in [1.82, 2.24) is 4.58 Å². The summed E-state index contributed by atoms with van der Waals surface area (Å²) in [6.07, 6.45) is 1.03. The Labute approximate surface area is 225 Å². The highest BCUT2D eigenvalue weighted by Gasteiger charge is 2.58. The average molecular weight is 513 g/mol. The van der Waals surface area contributed by atoms with E-state index in [9.17, 15) is 0 Å². The van der Waals surface area contributed by atoms with E-state index in [1.165, 1.54) is 27.2 Å². The van der Waals surface area contributed by atoms with Crippen LogP contribution >= 0.6 is 7.26 Å². The second-order valence-corrected chi connectivity index (χ2v) is 14.8. The van der Waals surface area contributed by atoms with Crippen LogP contribution in [0.15, 0.2) is 91.0 Å². The molecule has 4 rings (SSSR count). The Kier molecular flexibility index (Phi) is 8.39. The van der Waals surface area contributed by atoms with E-state index in [0.29, 0.717) is 24.2 Å². The molecule has 0 aliphatic heterocycles. The third-order valence-electron chi connectivity index (χ3n) is 7.39. The summed E-state index contributed by atoms with van der Waals surface area (Å²) in [5, 5.41) is 6.02. The summed E-state index contributed by atoms with van der Waals surface area (Å²) in [4.78, 5) is 2.67. The van der Waals surface area contributed by atoms with E-state index < -0.39 is 7.26 Å². The van der Waals surface area contributed by atoms with Gasteiger partial charge in [-0.2, -0.15) is 0 Å². The first-order valence-corrected chi connectivity index (χ1v) is 15.9. The molecule has 0 saturated carbocycles. The van der Waals surface area contributed by atoms with Gasteiger partial charge in [-0.3, -0.25) is 0 Å². The number of anilines is 1. The topological polar surface area (TPSA) is 6.25 Å². The van der Waals surface area contributed by atoms with Gasteiger partial charge in [0.2, 0.25) is 5.30 Å². The van der Waals surface area contributed by atoms with Crippen LogP contribution in [-0.2, 0) is 6.16 Å². The third kappa shape index (κ3) is 5.32. The molecular formula is C34H45N2P+2. The molecule has 3 heteroatoms. The van der Waals surface area contributed by atoms with E-state index in [4.69, 9.17) is 0 Å². The Balaban J connectivity index is 2.17. The maximum absolute atomic E-state index is 2.67. The molecule has 0 radical (unpaired) electrons. The molecule has 0 atom stereocenters. The fourth-order valence-corrected chi connectivity index (χ4v) is 10.7. The van der Waals surface area contributed by atoms with Crippen molar-refractivity contribution in [2.75, 3.05) is 4.90 Å². The van der Waals surface area contributed by atoms with Gasteiger partial charge < -0.3 is 4.90 Å². The van der Waals surface area contributed by atoms with E-state index in [0.717, 1.165) is 6.16 Å². The predicted molar refractivity (Wildman–Crippen MR) is 166 cm³/mol. The SMILES string of the molecule is CC(C)N(c1c([P+](Cc2ccccc2)(c2ccccc2)c2ccccc2)c1=[N+](C(C)C)C(C)C)C(C)C. The highest BCUT2D eigenvalue weighted by molar-refractivity contribution is 7.95. The monoisotopic (exact) mass is 512 g/mol. The van der Waals surface area contributed by atoms with Crippen molar-refractivity contribution in [2.24, 2.45) is 0 Å². The molecule has 0 bridgehead atoms. The summed E-state index contributed by atoms with van der Waals surface area (Å²) in [7, 11) is -2.00. The zero-order valence-electron chi connectivity index (χ0n) is 24.0. The number of nitrogens with zero attached hydrogens (tertiary/aromatic N) is 2. The molecule has 0 amide bonds. The molecule has 0 aliphatic carbocycles. The van der Waals surface area contributed by atoms with Crippen LogP contribution < -0.4 is 30.7 Å². The lowest BCUT2D eigenvalue weighted by atomic mass is 10.2. The first-order chi connectivity index (χ1) is 17.7. The van der Waals surface area contributed by atoms with Gasteiger partial charge in [0.15, 0.2) is 5.69 Å². The number of hydrogen-bond acceptors (Lipinski definition) is 1. The molecule has 4 aromatic carbocycles. The summed E-state index contributed by atoms with van der Waals surface area (Å²) >= 11 is 0. The maximum Gasteiger partial charge on any atom is 0.274 e. The van der Waals surface area contributed by atoms with Crippen LogP contribution in [0.3, 0.4) is 0 Å². The highest BCUT2D eigenvalue weighted by Crippen LogP contribution is 2.61. The normalized spacial score (nSPS) is 12.3. The molecule has 0 aliphatic rings. The molecule has 0 saturated heterocycles. The van der Waals surface area contributed by atoms with E-state index >= 15 is 0 Å². The minimum absolute atomic E-state index is 0.425. The van der Waals surface area contributed by atoms with Gasteiger partial charge >= 0.3 is 0 Å². The van der Waals surface area contributed by atoms with Crippen LogP contribution in [-0.4, -0.2) is 24.2 Å². The maximum atomic E-state index is 2.67. The molecule has 37 heavy (non-hydrogen) atoms. The zero-order chi connectivity index (χ0) is 26.7. The molecule has 2 nitrogen and oxygen atoms in total. The van der Waals surface area contributed by atoms with Gasteiger partial charge in [0, 0.05) is 12.1 Å². The molecule has 194 valence electrons. The predicted octanol–water partition coefficient (Wildman–Crippen LogP) is 6.27. The highest BCUT2D eigenvalue weighted by atomic mass is 31.2. The molecule has 0 heterocycles. The largest absolute Gasteiger partial charge is 0.358 e. The van der Waals surface area contributed by atoms with Crippen molar-refractivity contribution in [3.63, 3.8) is 0 Å². The Morgan fingerprint density at radius 3 is 1.38 bits per heavy atom. The fraction of sp³-hybridized carbons (Fsp3) is 0.382. The van der Waals surface area contributed by atoms with Crippen LogP contribution in [0.2, 0.25) is 0 Å². The van der Waals surface area contributed by atoms with Crippen LogP contribution in [0.4, 0.5) is 5.69 Å². The minimum atomic E-state index is -2.00. The van der Waals surface area contributed by atoms with Crippen LogP contribution in [0, 0.1) is 0 Å². The standard InChI is InChI=1S/C34H45N2P/c1-25(2)35(26(3)4)32-33(36(27(5)6)28(7)8)34(32)37(30-20-14-10-15-21-30,31-22-16-11-17-23-31)24-29-18-12-9-13-19-29/h9-23,25-28H,24H2,1-8H3/q+2. The first kappa shape index (κ1) is 27.3. The lowest BCUT2D eigenvalue weighted by molar-refractivity contribution is 0.429. The molecule has 4 aromatic rings. The van der Waals surface area contributed by atoms with E-state index in [2.05, 4.69) is 156 Å². The van der Waals surface area contributed by atoms with Crippen molar-refractivity contribution in [3.8, 4) is 0 Å². The summed E-state index contributed by atoms with van der Waals surface area (Å²) in [5.41, 5.74) is 2.90. The second-order valence-electron chi connectivity index (χ2n) is 11.4. The molecule has 0 N–H and O–H groups in total. The number of hydrogen-bond donors (Lipinski definition) is 0. The van der Waals surface area contributed by atoms with Gasteiger partial charge in [-0.25, -0.2) is 4.58 Å². The Hall–Kier alpha value is -2.70. The third-order valence-corrected chi connectivity index (χ3v) is 11.8. The smallest absolute Gasteiger partial charge is 0.274 e. The summed E-state index contributed by atoms with van der Waals surface area (Å²) in [6.45, 7) is 18.8. The van der Waals surface area contributed by atoms with Crippen LogP contribution in [0.25, 0.3) is 0 Å². The first-order valence-electron chi connectivity index (χ1n) is 13.9. The van der Waals surface area contributed by atoms with Crippen LogP contribution in [0.5, 0.6) is 0 Å². The van der Waals surface area contributed by atoms with E-state index in [-0.39, 0.29) is 0 Å². The molecule has 0 fully saturated rings. The molecule has 0 spiro atoms. The van der Waals surface area contributed by atoms with Gasteiger partial charge in [0.05, 0.1) is 6.16 Å². The number of rotatable bonds is 10. The Morgan fingerprint density at radius 2 is 1.00 bits per heavy atom. The van der Waals surface area contributed by atoms with Crippen LogP contribution in [0.1, 0.15) is 61.0 Å². The van der Waals surface area contributed by atoms with Crippen molar-refractivity contribution in [1.29, 1.82) is 0 Å². The lowest BCUT2D eigenvalue weighted by Crippen LogP contribution is -2.42. The fourth-order valence-electron chi connectivity index (χ4n) is 6.13. The lowest BCUT2D eigenvalue weighted by Gasteiger charge is -2.30. The molecule has 0 unspecified atom stereocenters. The summed E-state index contributed by atoms with van der Waals surface area (Å²) in [6, 6.07) is 35.6. The van der Waals surface area contributed by atoms with E-state index in [1.54, 1.807) is 5.30 Å². The minimum Gasteiger partial charge on any atom is -0.358 e. The van der Waals surface area contributed by atoms with Crippen molar-refractivity contribution >= 4 is 28.9 Å². The van der Waals surface area contributed by atoms with Crippen molar-refractivity contribution in [3.05, 3.63) is 102 Å². The van der Waals surface area contributed by atoms with Gasteiger partial charge in [-0.05, 0) is 85.2 Å². The number of benzene rings is 3. The second kappa shape index (κ2) is 11.4. The summed E-state index contributed by atoms with van der Waals surface area (Å²) in [5.74, 6) is 0. The van der Waals surface area contributed by atoms with Gasteiger partial charge in [0.1, 0.15) is 30.0 Å².